The Labute approximate surface area is 124 Å². The Morgan fingerprint density at radius 2 is 2.16 bits per heavy atom. The molecule has 19 heavy (non-hydrogen) atoms. The van der Waals surface area contributed by atoms with Crippen molar-refractivity contribution in [3.63, 3.8) is 0 Å². The van der Waals surface area contributed by atoms with Gasteiger partial charge in [-0.3, -0.25) is 0 Å². The summed E-state index contributed by atoms with van der Waals surface area (Å²) in [6, 6.07) is 8.65. The van der Waals surface area contributed by atoms with E-state index in [1.54, 1.807) is 0 Å². The Morgan fingerprint density at radius 1 is 1.37 bits per heavy atom. The van der Waals surface area contributed by atoms with Gasteiger partial charge in [0.2, 0.25) is 0 Å². The molecule has 1 N–H and O–H groups in total. The van der Waals surface area contributed by atoms with Crippen LogP contribution in [-0.2, 0) is 0 Å². The number of nitrogens with zero attached hydrogens (tertiary/aromatic N) is 1. The van der Waals surface area contributed by atoms with Crippen LogP contribution in [0.3, 0.4) is 0 Å². The van der Waals surface area contributed by atoms with Gasteiger partial charge in [-0.25, -0.2) is 0 Å². The van der Waals surface area contributed by atoms with Gasteiger partial charge in [-0.2, -0.15) is 5.26 Å². The maximum absolute atomic E-state index is 9.20. The van der Waals surface area contributed by atoms with Crippen LogP contribution in [0.2, 0.25) is 0 Å². The van der Waals surface area contributed by atoms with E-state index in [-0.39, 0.29) is 0 Å². The molecule has 0 heterocycles. The first-order valence-electron chi connectivity index (χ1n) is 7.06. The van der Waals surface area contributed by atoms with Crippen LogP contribution in [0.15, 0.2) is 22.7 Å². The molecule has 1 fully saturated rings. The molecule has 1 aromatic carbocycles. The van der Waals surface area contributed by atoms with Crippen LogP contribution in [0.25, 0.3) is 0 Å². The molecule has 0 radical (unpaired) electrons. The first-order valence-corrected chi connectivity index (χ1v) is 7.85. The Morgan fingerprint density at radius 3 is 2.84 bits per heavy atom. The normalized spacial score (nSPS) is 23.1. The van der Waals surface area contributed by atoms with Gasteiger partial charge in [0.15, 0.2) is 0 Å². The largest absolute Gasteiger partial charge is 0.381 e. The lowest BCUT2D eigenvalue weighted by molar-refractivity contribution is 0.264. The summed E-state index contributed by atoms with van der Waals surface area (Å²) in [4.78, 5) is 0. The summed E-state index contributed by atoms with van der Waals surface area (Å²) in [5.41, 5.74) is 1.70. The summed E-state index contributed by atoms with van der Waals surface area (Å²) in [7, 11) is 0. The Bertz CT molecular complexity index is 476. The zero-order valence-corrected chi connectivity index (χ0v) is 13.2. The number of hydrogen-bond acceptors (Lipinski definition) is 2. The van der Waals surface area contributed by atoms with Crippen molar-refractivity contribution in [3.8, 4) is 6.07 Å². The van der Waals surface area contributed by atoms with E-state index in [1.807, 2.05) is 18.2 Å². The number of hydrogen-bond donors (Lipinski definition) is 1. The highest BCUT2D eigenvalue weighted by atomic mass is 79.9. The number of nitriles is 1. The van der Waals surface area contributed by atoms with Crippen LogP contribution in [-0.4, -0.2) is 6.04 Å². The average molecular weight is 321 g/mol. The molecule has 0 aliphatic heterocycles. The fourth-order valence-corrected chi connectivity index (χ4v) is 3.28. The van der Waals surface area contributed by atoms with Crippen molar-refractivity contribution in [2.75, 3.05) is 5.32 Å². The molecule has 1 aromatic rings. The van der Waals surface area contributed by atoms with Crippen molar-refractivity contribution in [2.45, 2.75) is 45.6 Å². The molecule has 0 aromatic heterocycles. The summed E-state index contributed by atoms with van der Waals surface area (Å²) in [6.07, 6.45) is 5.07. The zero-order chi connectivity index (χ0) is 13.8. The molecule has 1 aliphatic rings. The summed E-state index contributed by atoms with van der Waals surface area (Å²) >= 11 is 3.41. The van der Waals surface area contributed by atoms with E-state index >= 15 is 0 Å². The summed E-state index contributed by atoms with van der Waals surface area (Å²) in [5.74, 6) is 1.57. The van der Waals surface area contributed by atoms with Crippen molar-refractivity contribution >= 4 is 21.6 Å². The highest BCUT2D eigenvalue weighted by molar-refractivity contribution is 9.10. The number of halogens is 1. The van der Waals surface area contributed by atoms with Gasteiger partial charge in [-0.15, -0.1) is 0 Å². The second kappa shape index (κ2) is 6.43. The van der Waals surface area contributed by atoms with Crippen molar-refractivity contribution < 1.29 is 0 Å². The molecular weight excluding hydrogens is 300 g/mol. The lowest BCUT2D eigenvalue weighted by Gasteiger charge is -2.32. The van der Waals surface area contributed by atoms with E-state index in [1.165, 1.54) is 25.7 Å². The number of nitrogens with one attached hydrogen (secondary N) is 1. The van der Waals surface area contributed by atoms with Crippen LogP contribution in [0.1, 0.15) is 45.1 Å². The molecule has 2 nitrogen and oxygen atoms in total. The van der Waals surface area contributed by atoms with Crippen molar-refractivity contribution in [1.82, 2.24) is 0 Å². The second-order valence-corrected chi connectivity index (χ2v) is 6.73. The highest BCUT2D eigenvalue weighted by Crippen LogP contribution is 2.32. The van der Waals surface area contributed by atoms with Crippen LogP contribution in [0, 0.1) is 23.2 Å². The van der Waals surface area contributed by atoms with Gasteiger partial charge in [0.25, 0.3) is 0 Å². The molecule has 2 unspecified atom stereocenters. The third-order valence-corrected chi connectivity index (χ3v) is 4.61. The molecule has 2 atom stereocenters. The van der Waals surface area contributed by atoms with Crippen LogP contribution in [0.5, 0.6) is 0 Å². The topological polar surface area (TPSA) is 35.8 Å². The number of anilines is 1. The van der Waals surface area contributed by atoms with Crippen molar-refractivity contribution in [2.24, 2.45) is 11.8 Å². The van der Waals surface area contributed by atoms with E-state index in [4.69, 9.17) is 0 Å². The van der Waals surface area contributed by atoms with Crippen molar-refractivity contribution in [3.05, 3.63) is 28.2 Å². The predicted octanol–water partition coefficient (Wildman–Crippen LogP) is 4.95. The van der Waals surface area contributed by atoms with Gasteiger partial charge in [0, 0.05) is 10.5 Å². The Kier molecular flexibility index (Phi) is 4.87. The molecule has 0 spiro atoms. The monoisotopic (exact) mass is 320 g/mol. The van der Waals surface area contributed by atoms with E-state index < -0.39 is 0 Å². The molecular formula is C16H21BrN2. The number of rotatable bonds is 3. The van der Waals surface area contributed by atoms with Gasteiger partial charge in [-0.1, -0.05) is 42.6 Å². The molecule has 3 heteroatoms. The van der Waals surface area contributed by atoms with Gasteiger partial charge in [0.05, 0.1) is 11.3 Å². The van der Waals surface area contributed by atoms with Gasteiger partial charge < -0.3 is 5.32 Å². The summed E-state index contributed by atoms with van der Waals surface area (Å²) in [5, 5.41) is 12.8. The third-order valence-electron chi connectivity index (χ3n) is 4.12. The summed E-state index contributed by atoms with van der Waals surface area (Å²) < 4.78 is 0.957. The molecule has 0 bridgehead atoms. The molecule has 0 saturated heterocycles. The fourth-order valence-electron chi connectivity index (χ4n) is 2.92. The third kappa shape index (κ3) is 3.73. The fraction of sp³-hybridized carbons (Fsp3) is 0.562. The minimum Gasteiger partial charge on any atom is -0.381 e. The van der Waals surface area contributed by atoms with Gasteiger partial charge in [-0.05, 0) is 42.9 Å². The summed E-state index contributed by atoms with van der Waals surface area (Å²) in [6.45, 7) is 4.63. The Balaban J connectivity index is 2.07. The lowest BCUT2D eigenvalue weighted by atomic mass is 9.79. The maximum Gasteiger partial charge on any atom is 0.101 e. The lowest BCUT2D eigenvalue weighted by Crippen LogP contribution is -2.29. The molecule has 102 valence electrons. The Hall–Kier alpha value is -1.01. The van der Waals surface area contributed by atoms with E-state index in [0.717, 1.165) is 27.6 Å². The second-order valence-electron chi connectivity index (χ2n) is 5.81. The standard InChI is InChI=1S/C16H21BrN2/c1-11(2)12-4-3-5-15(9-12)19-16-7-6-14(17)8-13(16)10-18/h6-8,11-12,15,19H,3-5,9H2,1-2H3. The molecule has 2 rings (SSSR count). The van der Waals surface area contributed by atoms with Gasteiger partial charge >= 0.3 is 0 Å². The molecule has 0 amide bonds. The molecule has 1 aliphatic carbocycles. The SMILES string of the molecule is CC(C)C1CCCC(Nc2ccc(Br)cc2C#N)C1. The minimum absolute atomic E-state index is 0.509. The van der Waals surface area contributed by atoms with Crippen LogP contribution < -0.4 is 5.32 Å². The van der Waals surface area contributed by atoms with E-state index in [2.05, 4.69) is 41.2 Å². The van der Waals surface area contributed by atoms with Crippen molar-refractivity contribution in [1.29, 1.82) is 5.26 Å². The van der Waals surface area contributed by atoms with Crippen LogP contribution in [0.4, 0.5) is 5.69 Å². The van der Waals surface area contributed by atoms with E-state index in [0.29, 0.717) is 6.04 Å². The highest BCUT2D eigenvalue weighted by Gasteiger charge is 2.24. The van der Waals surface area contributed by atoms with Gasteiger partial charge in [0.1, 0.15) is 6.07 Å². The van der Waals surface area contributed by atoms with Crippen LogP contribution >= 0.6 is 15.9 Å². The maximum atomic E-state index is 9.20. The first kappa shape index (κ1) is 14.4. The quantitative estimate of drug-likeness (QED) is 0.855. The minimum atomic E-state index is 0.509. The predicted molar refractivity (Wildman–Crippen MR) is 83.1 cm³/mol. The zero-order valence-electron chi connectivity index (χ0n) is 11.6. The van der Waals surface area contributed by atoms with E-state index in [9.17, 15) is 5.26 Å². The molecule has 1 saturated carbocycles. The first-order chi connectivity index (χ1) is 9.10. The smallest absolute Gasteiger partial charge is 0.101 e. The number of benzene rings is 1. The average Bonchev–Trinajstić information content (AvgIpc) is 2.41.